The van der Waals surface area contributed by atoms with Crippen molar-refractivity contribution in [1.29, 1.82) is 0 Å². The van der Waals surface area contributed by atoms with Crippen molar-refractivity contribution in [2.24, 2.45) is 0 Å². The highest BCUT2D eigenvalue weighted by atomic mass is 35.5. The van der Waals surface area contributed by atoms with E-state index in [9.17, 15) is 27.9 Å². The maximum atomic E-state index is 14.4. The monoisotopic (exact) mass is 649 g/mol. The number of likely N-dealkylation sites (N-methyl/N-ethyl adjacent to an activating group) is 1. The molecule has 4 rings (SSSR count). The van der Waals surface area contributed by atoms with Crippen molar-refractivity contribution < 1.29 is 27.9 Å². The quantitative estimate of drug-likeness (QED) is 0.179. The molecule has 0 saturated carbocycles. The Morgan fingerprint density at radius 2 is 1.73 bits per heavy atom. The first-order valence-corrected chi connectivity index (χ1v) is 14.6. The normalized spacial score (nSPS) is 13.2. The molecule has 4 aromatic rings. The second-order valence-corrected chi connectivity index (χ2v) is 11.6. The summed E-state index contributed by atoms with van der Waals surface area (Å²) in [6, 6.07) is 14.6. The number of aliphatic hydroxyl groups is 1. The standard InChI is InChI=1S/C31H32Cl2F3N5O3/c1-5-40(29(43)27-23(32)10-7-11-24(27)33)17-30(44,31(34,35)36)16-37-25-12-19(4)13-26-22(25)15-38-41(26)21-9-6-8-20(14-21)28(42)39-18(2)3/h6-15,18,37,44H,5,16-17H2,1-4H3,(H,39,42). The molecule has 0 aliphatic heterocycles. The molecular weight excluding hydrogens is 618 g/mol. The Morgan fingerprint density at radius 1 is 1.07 bits per heavy atom. The number of rotatable bonds is 10. The Kier molecular flexibility index (Phi) is 9.82. The first kappa shape index (κ1) is 33.1. The molecule has 0 saturated heterocycles. The number of nitrogens with zero attached hydrogens (tertiary/aromatic N) is 3. The SMILES string of the molecule is CCN(CC(O)(CNc1cc(C)cc2c1cnn2-c1cccc(C(=O)NC(C)C)c1)C(F)(F)F)C(=O)c1c(Cl)cccc1Cl. The molecule has 3 aromatic carbocycles. The first-order valence-electron chi connectivity index (χ1n) is 13.8. The van der Waals surface area contributed by atoms with E-state index in [1.165, 1.54) is 31.3 Å². The Bertz CT molecular complexity index is 1670. The minimum Gasteiger partial charge on any atom is -0.381 e. The molecule has 1 aromatic heterocycles. The van der Waals surface area contributed by atoms with Crippen LogP contribution >= 0.6 is 23.2 Å². The maximum absolute atomic E-state index is 14.4. The fourth-order valence-electron chi connectivity index (χ4n) is 4.73. The summed E-state index contributed by atoms with van der Waals surface area (Å²) in [7, 11) is 0. The summed E-state index contributed by atoms with van der Waals surface area (Å²) in [6.07, 6.45) is -3.62. The van der Waals surface area contributed by atoms with Gasteiger partial charge in [0.25, 0.3) is 11.8 Å². The number of fused-ring (bicyclic) bond motifs is 1. The molecule has 44 heavy (non-hydrogen) atoms. The van der Waals surface area contributed by atoms with Crippen LogP contribution in [0.15, 0.2) is 60.8 Å². The van der Waals surface area contributed by atoms with Gasteiger partial charge in [-0.2, -0.15) is 18.3 Å². The minimum atomic E-state index is -5.11. The average Bonchev–Trinajstić information content (AvgIpc) is 3.37. The lowest BCUT2D eigenvalue weighted by Gasteiger charge is -2.36. The summed E-state index contributed by atoms with van der Waals surface area (Å²) in [5.74, 6) is -1.09. The molecule has 0 aliphatic rings. The van der Waals surface area contributed by atoms with Gasteiger partial charge in [-0.3, -0.25) is 9.59 Å². The van der Waals surface area contributed by atoms with Crippen LogP contribution in [0, 0.1) is 6.92 Å². The predicted molar refractivity (Wildman–Crippen MR) is 166 cm³/mol. The molecule has 0 bridgehead atoms. The molecule has 0 fully saturated rings. The van der Waals surface area contributed by atoms with Crippen molar-refractivity contribution in [3.8, 4) is 5.69 Å². The van der Waals surface area contributed by atoms with Crippen LogP contribution in [0.4, 0.5) is 18.9 Å². The van der Waals surface area contributed by atoms with E-state index >= 15 is 0 Å². The van der Waals surface area contributed by atoms with Crippen molar-refractivity contribution in [1.82, 2.24) is 20.0 Å². The van der Waals surface area contributed by atoms with E-state index in [1.807, 2.05) is 19.9 Å². The molecule has 1 atom stereocenters. The fraction of sp³-hybridized carbons (Fsp3) is 0.323. The number of alkyl halides is 3. The third-order valence-electron chi connectivity index (χ3n) is 7.00. The Balaban J connectivity index is 1.65. The number of hydrogen-bond acceptors (Lipinski definition) is 5. The molecule has 2 amide bonds. The van der Waals surface area contributed by atoms with E-state index in [4.69, 9.17) is 23.2 Å². The molecule has 8 nitrogen and oxygen atoms in total. The summed E-state index contributed by atoms with van der Waals surface area (Å²) in [6.45, 7) is 4.79. The summed E-state index contributed by atoms with van der Waals surface area (Å²) in [4.78, 5) is 26.6. The average molecular weight is 651 g/mol. The number of anilines is 1. The molecule has 0 spiro atoms. The highest BCUT2D eigenvalue weighted by Crippen LogP contribution is 2.35. The van der Waals surface area contributed by atoms with Crippen molar-refractivity contribution in [2.75, 3.05) is 25.0 Å². The van der Waals surface area contributed by atoms with E-state index in [1.54, 1.807) is 41.9 Å². The van der Waals surface area contributed by atoms with Crippen molar-refractivity contribution in [3.63, 3.8) is 0 Å². The molecule has 3 N–H and O–H groups in total. The smallest absolute Gasteiger partial charge is 0.381 e. The van der Waals surface area contributed by atoms with Gasteiger partial charge in [0.15, 0.2) is 5.60 Å². The third kappa shape index (κ3) is 6.95. The van der Waals surface area contributed by atoms with Gasteiger partial charge in [0, 0.05) is 29.2 Å². The Hall–Kier alpha value is -3.80. The van der Waals surface area contributed by atoms with E-state index in [0.29, 0.717) is 33.4 Å². The van der Waals surface area contributed by atoms with Crippen molar-refractivity contribution in [2.45, 2.75) is 45.5 Å². The number of halogens is 5. The fourth-order valence-corrected chi connectivity index (χ4v) is 5.29. The molecule has 1 unspecified atom stereocenters. The topological polar surface area (TPSA) is 99.5 Å². The predicted octanol–water partition coefficient (Wildman–Crippen LogP) is 6.65. The van der Waals surface area contributed by atoms with E-state index in [2.05, 4.69) is 15.7 Å². The number of aryl methyl sites for hydroxylation is 1. The number of carbonyl (C=O) groups is 2. The molecule has 0 aliphatic carbocycles. The zero-order valence-corrected chi connectivity index (χ0v) is 26.0. The number of aromatic nitrogens is 2. The zero-order chi connectivity index (χ0) is 32.4. The summed E-state index contributed by atoms with van der Waals surface area (Å²) in [5, 5.41) is 21.5. The lowest BCUT2D eigenvalue weighted by Crippen LogP contribution is -2.58. The van der Waals surface area contributed by atoms with Gasteiger partial charge in [0.2, 0.25) is 0 Å². The van der Waals surface area contributed by atoms with Crippen LogP contribution in [0.5, 0.6) is 0 Å². The molecule has 1 heterocycles. The number of amides is 2. The lowest BCUT2D eigenvalue weighted by molar-refractivity contribution is -0.257. The second kappa shape index (κ2) is 13.1. The van der Waals surface area contributed by atoms with Crippen LogP contribution in [-0.4, -0.2) is 69.1 Å². The van der Waals surface area contributed by atoms with E-state index in [-0.39, 0.29) is 34.1 Å². The molecule has 234 valence electrons. The van der Waals surface area contributed by atoms with Crippen LogP contribution in [0.3, 0.4) is 0 Å². The van der Waals surface area contributed by atoms with Crippen LogP contribution < -0.4 is 10.6 Å². The van der Waals surface area contributed by atoms with Gasteiger partial charge >= 0.3 is 6.18 Å². The van der Waals surface area contributed by atoms with Crippen LogP contribution in [0.25, 0.3) is 16.6 Å². The molecule has 13 heteroatoms. The highest BCUT2D eigenvalue weighted by molar-refractivity contribution is 6.39. The minimum absolute atomic E-state index is 0.0140. The Labute approximate surface area is 262 Å². The van der Waals surface area contributed by atoms with E-state index in [0.717, 1.165) is 4.90 Å². The van der Waals surface area contributed by atoms with Gasteiger partial charge in [-0.15, -0.1) is 0 Å². The van der Waals surface area contributed by atoms with Gasteiger partial charge in [-0.25, -0.2) is 4.68 Å². The van der Waals surface area contributed by atoms with Crippen LogP contribution in [-0.2, 0) is 0 Å². The number of hydrogen-bond donors (Lipinski definition) is 3. The Morgan fingerprint density at radius 3 is 2.34 bits per heavy atom. The summed E-state index contributed by atoms with van der Waals surface area (Å²) in [5.41, 5.74) is -0.895. The third-order valence-corrected chi connectivity index (χ3v) is 7.63. The van der Waals surface area contributed by atoms with Crippen LogP contribution in [0.1, 0.15) is 47.1 Å². The van der Waals surface area contributed by atoms with Crippen LogP contribution in [0.2, 0.25) is 10.0 Å². The number of benzene rings is 3. The zero-order valence-electron chi connectivity index (χ0n) is 24.5. The maximum Gasteiger partial charge on any atom is 0.420 e. The highest BCUT2D eigenvalue weighted by Gasteiger charge is 2.55. The van der Waals surface area contributed by atoms with Gasteiger partial charge in [0.1, 0.15) is 0 Å². The van der Waals surface area contributed by atoms with Crippen molar-refractivity contribution >= 4 is 51.6 Å². The van der Waals surface area contributed by atoms with Crippen molar-refractivity contribution in [3.05, 3.63) is 87.5 Å². The molecule has 0 radical (unpaired) electrons. The second-order valence-electron chi connectivity index (χ2n) is 10.8. The molecular formula is C31H32Cl2F3N5O3. The van der Waals surface area contributed by atoms with Gasteiger partial charge in [-0.05, 0) is 75.7 Å². The lowest BCUT2D eigenvalue weighted by atomic mass is 10.0. The first-order chi connectivity index (χ1) is 20.6. The van der Waals surface area contributed by atoms with E-state index < -0.39 is 30.8 Å². The largest absolute Gasteiger partial charge is 0.420 e. The summed E-state index contributed by atoms with van der Waals surface area (Å²) >= 11 is 12.3. The number of nitrogens with one attached hydrogen (secondary N) is 2. The van der Waals surface area contributed by atoms with Gasteiger partial charge < -0.3 is 20.6 Å². The van der Waals surface area contributed by atoms with Gasteiger partial charge in [0.05, 0.1) is 46.1 Å². The number of carbonyl (C=O) groups excluding carboxylic acids is 2. The summed E-state index contributed by atoms with van der Waals surface area (Å²) < 4.78 is 44.8. The van der Waals surface area contributed by atoms with Gasteiger partial charge in [-0.1, -0.05) is 35.3 Å².